The van der Waals surface area contributed by atoms with Crippen LogP contribution in [0.5, 0.6) is 0 Å². The zero-order valence-electron chi connectivity index (χ0n) is 18.7. The molecule has 0 N–H and O–H groups in total. The van der Waals surface area contributed by atoms with Crippen LogP contribution in [0, 0.1) is 17.3 Å². The van der Waals surface area contributed by atoms with Gasteiger partial charge in [0.1, 0.15) is 0 Å². The highest BCUT2D eigenvalue weighted by atomic mass is 16.5. The van der Waals surface area contributed by atoms with Crippen molar-refractivity contribution in [1.29, 1.82) is 0 Å². The fourth-order valence-corrected chi connectivity index (χ4v) is 5.58. The Bertz CT molecular complexity index is 553. The maximum atomic E-state index is 6.05. The van der Waals surface area contributed by atoms with Crippen LogP contribution in [0.15, 0.2) is 30.3 Å². The quantitative estimate of drug-likeness (QED) is 0.439. The van der Waals surface area contributed by atoms with Crippen LogP contribution in [-0.2, 0) is 11.3 Å². The summed E-state index contributed by atoms with van der Waals surface area (Å²) in [4.78, 5) is 2.71. The number of nitrogens with zero attached hydrogens (tertiary/aromatic N) is 1. The summed E-state index contributed by atoms with van der Waals surface area (Å²) in [7, 11) is 0. The molecule has 3 atom stereocenters. The molecule has 3 unspecified atom stereocenters. The Kier molecular flexibility index (Phi) is 8.41. The minimum Gasteiger partial charge on any atom is -0.381 e. The van der Waals surface area contributed by atoms with Crippen molar-refractivity contribution in [3.05, 3.63) is 35.9 Å². The number of piperidine rings is 1. The molecule has 2 aliphatic rings. The van der Waals surface area contributed by atoms with E-state index in [1.807, 2.05) is 0 Å². The number of benzene rings is 1. The van der Waals surface area contributed by atoms with E-state index in [0.29, 0.717) is 11.5 Å². The minimum atomic E-state index is 0.389. The smallest absolute Gasteiger partial charge is 0.0468 e. The zero-order valence-corrected chi connectivity index (χ0v) is 18.7. The molecule has 1 saturated heterocycles. The van der Waals surface area contributed by atoms with Crippen LogP contribution in [0.3, 0.4) is 0 Å². The van der Waals surface area contributed by atoms with E-state index in [0.717, 1.165) is 31.6 Å². The van der Waals surface area contributed by atoms with Crippen molar-refractivity contribution < 1.29 is 4.74 Å². The standard InChI is InChI=1S/C26H43NO/c1-22-15-18-27(21-25-13-8-5-9-14-25)23(2)26(22,3)17-10-19-28-20-16-24-11-6-4-7-12-24/h5,8-9,13-14,22-24H,4,6-7,10-12,15-21H2,1-3H3. The minimum absolute atomic E-state index is 0.389. The van der Waals surface area contributed by atoms with Crippen LogP contribution >= 0.6 is 0 Å². The van der Waals surface area contributed by atoms with Gasteiger partial charge in [0.15, 0.2) is 0 Å². The van der Waals surface area contributed by atoms with E-state index < -0.39 is 0 Å². The summed E-state index contributed by atoms with van der Waals surface area (Å²) in [6.45, 7) is 11.7. The molecule has 0 aromatic heterocycles. The number of hydrogen-bond acceptors (Lipinski definition) is 2. The third-order valence-electron chi connectivity index (χ3n) is 8.11. The fourth-order valence-electron chi connectivity index (χ4n) is 5.58. The van der Waals surface area contributed by atoms with Gasteiger partial charge in [0.25, 0.3) is 0 Å². The van der Waals surface area contributed by atoms with Crippen molar-refractivity contribution in [1.82, 2.24) is 4.90 Å². The van der Waals surface area contributed by atoms with Crippen LogP contribution < -0.4 is 0 Å². The van der Waals surface area contributed by atoms with E-state index in [4.69, 9.17) is 4.74 Å². The average Bonchev–Trinajstić information content (AvgIpc) is 2.73. The van der Waals surface area contributed by atoms with Gasteiger partial charge in [0, 0.05) is 25.8 Å². The first kappa shape index (κ1) is 21.8. The molecule has 2 heteroatoms. The first-order valence-electron chi connectivity index (χ1n) is 12.0. The summed E-state index contributed by atoms with van der Waals surface area (Å²) in [5.74, 6) is 1.73. The maximum absolute atomic E-state index is 6.05. The van der Waals surface area contributed by atoms with Gasteiger partial charge in [-0.05, 0) is 62.0 Å². The largest absolute Gasteiger partial charge is 0.381 e. The molecular formula is C26H43NO. The molecule has 28 heavy (non-hydrogen) atoms. The molecular weight excluding hydrogens is 342 g/mol. The van der Waals surface area contributed by atoms with Gasteiger partial charge in [0.05, 0.1) is 0 Å². The monoisotopic (exact) mass is 385 g/mol. The Balaban J connectivity index is 1.41. The highest BCUT2D eigenvalue weighted by Gasteiger charge is 2.42. The Hall–Kier alpha value is -0.860. The Morgan fingerprint density at radius 3 is 2.50 bits per heavy atom. The number of rotatable bonds is 9. The van der Waals surface area contributed by atoms with Gasteiger partial charge in [-0.3, -0.25) is 4.90 Å². The molecule has 158 valence electrons. The normalized spacial score (nSPS) is 29.8. The molecule has 2 nitrogen and oxygen atoms in total. The fraction of sp³-hybridized carbons (Fsp3) is 0.769. The molecule has 0 radical (unpaired) electrons. The lowest BCUT2D eigenvalue weighted by Gasteiger charge is -2.51. The summed E-state index contributed by atoms with van der Waals surface area (Å²) < 4.78 is 6.05. The Morgan fingerprint density at radius 2 is 1.75 bits per heavy atom. The van der Waals surface area contributed by atoms with E-state index >= 15 is 0 Å². The van der Waals surface area contributed by atoms with Gasteiger partial charge < -0.3 is 4.74 Å². The van der Waals surface area contributed by atoms with Crippen LogP contribution in [0.25, 0.3) is 0 Å². The molecule has 1 heterocycles. The van der Waals surface area contributed by atoms with Crippen LogP contribution in [0.4, 0.5) is 0 Å². The summed E-state index contributed by atoms with van der Waals surface area (Å²) in [5.41, 5.74) is 1.83. The first-order chi connectivity index (χ1) is 13.6. The maximum Gasteiger partial charge on any atom is 0.0468 e. The molecule has 1 aliphatic carbocycles. The van der Waals surface area contributed by atoms with E-state index in [-0.39, 0.29) is 0 Å². The number of hydrogen-bond donors (Lipinski definition) is 0. The van der Waals surface area contributed by atoms with Gasteiger partial charge in [0.2, 0.25) is 0 Å². The van der Waals surface area contributed by atoms with Crippen molar-refractivity contribution in [2.24, 2.45) is 17.3 Å². The van der Waals surface area contributed by atoms with E-state index in [9.17, 15) is 0 Å². The zero-order chi connectivity index (χ0) is 19.8. The summed E-state index contributed by atoms with van der Waals surface area (Å²) in [6, 6.07) is 11.6. The third-order valence-corrected chi connectivity index (χ3v) is 8.11. The molecule has 1 aromatic rings. The first-order valence-corrected chi connectivity index (χ1v) is 12.0. The van der Waals surface area contributed by atoms with E-state index in [1.54, 1.807) is 0 Å². The van der Waals surface area contributed by atoms with Gasteiger partial charge in [-0.1, -0.05) is 76.3 Å². The molecule has 0 spiro atoms. The van der Waals surface area contributed by atoms with Gasteiger partial charge in [-0.2, -0.15) is 0 Å². The third kappa shape index (κ3) is 5.83. The van der Waals surface area contributed by atoms with Crippen LogP contribution in [0.2, 0.25) is 0 Å². The summed E-state index contributed by atoms with van der Waals surface area (Å²) in [5, 5.41) is 0. The lowest BCUT2D eigenvalue weighted by Crippen LogP contribution is -2.52. The molecule has 3 rings (SSSR count). The Morgan fingerprint density at radius 1 is 1.00 bits per heavy atom. The van der Waals surface area contributed by atoms with Crippen molar-refractivity contribution in [3.63, 3.8) is 0 Å². The topological polar surface area (TPSA) is 12.5 Å². The van der Waals surface area contributed by atoms with Gasteiger partial charge >= 0.3 is 0 Å². The second kappa shape index (κ2) is 10.8. The van der Waals surface area contributed by atoms with E-state index in [1.165, 1.54) is 69.9 Å². The lowest BCUT2D eigenvalue weighted by atomic mass is 9.65. The second-order valence-corrected chi connectivity index (χ2v) is 9.84. The van der Waals surface area contributed by atoms with Gasteiger partial charge in [-0.25, -0.2) is 0 Å². The molecule has 2 fully saturated rings. The number of ether oxygens (including phenoxy) is 1. The highest BCUT2D eigenvalue weighted by Crippen LogP contribution is 2.44. The van der Waals surface area contributed by atoms with E-state index in [2.05, 4.69) is 56.0 Å². The average molecular weight is 386 g/mol. The second-order valence-electron chi connectivity index (χ2n) is 9.84. The molecule has 1 aromatic carbocycles. The predicted molar refractivity (Wildman–Crippen MR) is 119 cm³/mol. The highest BCUT2D eigenvalue weighted by molar-refractivity contribution is 5.15. The lowest BCUT2D eigenvalue weighted by molar-refractivity contribution is -0.0249. The van der Waals surface area contributed by atoms with Crippen molar-refractivity contribution >= 4 is 0 Å². The molecule has 0 bridgehead atoms. The Labute approximate surface area is 174 Å². The molecule has 1 saturated carbocycles. The predicted octanol–water partition coefficient (Wildman–Crippen LogP) is 6.69. The summed E-state index contributed by atoms with van der Waals surface area (Å²) >= 11 is 0. The van der Waals surface area contributed by atoms with Crippen molar-refractivity contribution in [3.8, 4) is 0 Å². The number of likely N-dealkylation sites (tertiary alicyclic amines) is 1. The van der Waals surface area contributed by atoms with Crippen molar-refractivity contribution in [2.75, 3.05) is 19.8 Å². The van der Waals surface area contributed by atoms with Gasteiger partial charge in [-0.15, -0.1) is 0 Å². The van der Waals surface area contributed by atoms with Crippen LogP contribution in [0.1, 0.15) is 84.1 Å². The van der Waals surface area contributed by atoms with Crippen molar-refractivity contribution in [2.45, 2.75) is 91.1 Å². The molecule has 1 aliphatic heterocycles. The SMILES string of the molecule is CC1CCN(Cc2ccccc2)C(C)C1(C)CCCOCCC1CCCCC1. The molecule has 0 amide bonds. The summed E-state index contributed by atoms with van der Waals surface area (Å²) in [6.07, 6.45) is 12.3. The van der Waals surface area contributed by atoms with Crippen LogP contribution in [-0.4, -0.2) is 30.7 Å².